The summed E-state index contributed by atoms with van der Waals surface area (Å²) in [7, 11) is -3.48. The Balaban J connectivity index is 1.48. The molecule has 26 heavy (non-hydrogen) atoms. The normalized spacial score (nSPS) is 20.1. The molecule has 1 amide bonds. The molecule has 0 bridgehead atoms. The quantitative estimate of drug-likeness (QED) is 0.874. The molecular weight excluding hydrogens is 368 g/mol. The smallest absolute Gasteiger partial charge is 0.243 e. The highest BCUT2D eigenvalue weighted by atomic mass is 32.2. The predicted molar refractivity (Wildman–Crippen MR) is 103 cm³/mol. The highest BCUT2D eigenvalue weighted by molar-refractivity contribution is 8.01. The molecule has 0 saturated carbocycles. The van der Waals surface area contributed by atoms with E-state index in [9.17, 15) is 13.2 Å². The summed E-state index contributed by atoms with van der Waals surface area (Å²) in [5.41, 5.74) is 1.70. The number of carbonyl (C=O) groups is 1. The molecule has 2 aromatic rings. The summed E-state index contributed by atoms with van der Waals surface area (Å²) in [6, 6.07) is 14.6. The van der Waals surface area contributed by atoms with Gasteiger partial charge in [0.2, 0.25) is 15.9 Å². The van der Waals surface area contributed by atoms with Gasteiger partial charge in [-0.1, -0.05) is 24.3 Å². The van der Waals surface area contributed by atoms with Gasteiger partial charge in [0.15, 0.2) is 0 Å². The van der Waals surface area contributed by atoms with Crippen LogP contribution in [0.3, 0.4) is 0 Å². The summed E-state index contributed by atoms with van der Waals surface area (Å²) >= 11 is 1.56. The third-order valence-electron chi connectivity index (χ3n) is 4.74. The molecule has 1 N–H and O–H groups in total. The number of hydrogen-bond donors (Lipinski definition) is 1. The van der Waals surface area contributed by atoms with E-state index in [1.165, 1.54) is 9.87 Å². The molecular formula is C19H20N2O3S2. The molecule has 136 valence electrons. The van der Waals surface area contributed by atoms with Crippen molar-refractivity contribution >= 4 is 33.4 Å². The minimum Gasteiger partial charge on any atom is -0.325 e. The lowest BCUT2D eigenvalue weighted by atomic mass is 10.1. The SMILES string of the molecule is O=C(Nc1cccc(S(=O)(=O)N2CCCC2)c1)[C@H]1Cc2ccccc2S1. The standard InChI is InChI=1S/C19H20N2O3S2/c22-19(18-12-14-6-1-2-9-17(14)25-18)20-15-7-5-8-16(13-15)26(23,24)21-10-3-4-11-21/h1-2,5-9,13,18H,3-4,10-12H2,(H,20,22)/t18-/m1/s1. The van der Waals surface area contributed by atoms with E-state index in [2.05, 4.69) is 5.32 Å². The van der Waals surface area contributed by atoms with Crippen molar-refractivity contribution in [2.45, 2.75) is 34.3 Å². The molecule has 1 atom stereocenters. The largest absolute Gasteiger partial charge is 0.325 e. The number of carbonyl (C=O) groups excluding carboxylic acids is 1. The minimum absolute atomic E-state index is 0.0954. The molecule has 0 radical (unpaired) electrons. The Kier molecular flexibility index (Phi) is 4.77. The number of nitrogens with zero attached hydrogens (tertiary/aromatic N) is 1. The van der Waals surface area contributed by atoms with Gasteiger partial charge in [-0.25, -0.2) is 8.42 Å². The van der Waals surface area contributed by atoms with E-state index in [4.69, 9.17) is 0 Å². The van der Waals surface area contributed by atoms with Gasteiger partial charge in [-0.3, -0.25) is 4.79 Å². The zero-order valence-corrected chi connectivity index (χ0v) is 15.9. The van der Waals surface area contributed by atoms with Crippen LogP contribution >= 0.6 is 11.8 Å². The summed E-state index contributed by atoms with van der Waals surface area (Å²) in [5, 5.41) is 2.69. The van der Waals surface area contributed by atoms with Crippen molar-refractivity contribution in [3.8, 4) is 0 Å². The fourth-order valence-corrected chi connectivity index (χ4v) is 6.12. The van der Waals surface area contributed by atoms with Crippen LogP contribution in [0.15, 0.2) is 58.3 Å². The second-order valence-corrected chi connectivity index (χ2v) is 9.73. The van der Waals surface area contributed by atoms with Crippen molar-refractivity contribution in [2.75, 3.05) is 18.4 Å². The summed E-state index contributed by atoms with van der Waals surface area (Å²) in [4.78, 5) is 14.0. The number of thioether (sulfide) groups is 1. The summed E-state index contributed by atoms with van der Waals surface area (Å²) in [5.74, 6) is -0.0954. The number of benzene rings is 2. The van der Waals surface area contributed by atoms with Gasteiger partial charge in [0, 0.05) is 23.7 Å². The van der Waals surface area contributed by atoms with Gasteiger partial charge in [-0.15, -0.1) is 11.8 Å². The van der Waals surface area contributed by atoms with E-state index in [0.29, 0.717) is 25.2 Å². The number of fused-ring (bicyclic) bond motifs is 1. The molecule has 0 unspecified atom stereocenters. The van der Waals surface area contributed by atoms with Gasteiger partial charge in [-0.05, 0) is 49.1 Å². The first-order valence-electron chi connectivity index (χ1n) is 8.70. The monoisotopic (exact) mass is 388 g/mol. The molecule has 0 aromatic heterocycles. The van der Waals surface area contributed by atoms with Gasteiger partial charge in [-0.2, -0.15) is 4.31 Å². The van der Waals surface area contributed by atoms with Crippen LogP contribution < -0.4 is 5.32 Å². The van der Waals surface area contributed by atoms with Crippen LogP contribution in [0.25, 0.3) is 0 Å². The number of nitrogens with one attached hydrogen (secondary N) is 1. The van der Waals surface area contributed by atoms with Gasteiger partial charge in [0.05, 0.1) is 10.1 Å². The molecule has 2 aliphatic rings. The summed E-state index contributed by atoms with van der Waals surface area (Å²) < 4.78 is 26.9. The molecule has 2 aromatic carbocycles. The van der Waals surface area contributed by atoms with E-state index in [1.54, 1.807) is 36.0 Å². The van der Waals surface area contributed by atoms with Crippen molar-refractivity contribution in [3.05, 3.63) is 54.1 Å². The van der Waals surface area contributed by atoms with Gasteiger partial charge in [0.1, 0.15) is 0 Å². The maximum atomic E-state index is 12.7. The molecule has 4 rings (SSSR count). The van der Waals surface area contributed by atoms with Crippen molar-refractivity contribution in [1.82, 2.24) is 4.31 Å². The maximum absolute atomic E-state index is 12.7. The van der Waals surface area contributed by atoms with Gasteiger partial charge >= 0.3 is 0 Å². The Morgan fingerprint density at radius 2 is 1.85 bits per heavy atom. The molecule has 2 heterocycles. The van der Waals surface area contributed by atoms with Crippen LogP contribution in [0.2, 0.25) is 0 Å². The third-order valence-corrected chi connectivity index (χ3v) is 7.96. The van der Waals surface area contributed by atoms with Crippen LogP contribution in [0.1, 0.15) is 18.4 Å². The predicted octanol–water partition coefficient (Wildman–Crippen LogP) is 3.13. The number of hydrogen-bond acceptors (Lipinski definition) is 4. The first kappa shape index (κ1) is 17.6. The Morgan fingerprint density at radius 3 is 2.62 bits per heavy atom. The number of anilines is 1. The average Bonchev–Trinajstić information content (AvgIpc) is 3.32. The van der Waals surface area contributed by atoms with Crippen LogP contribution in [-0.2, 0) is 21.2 Å². The molecule has 7 heteroatoms. The summed E-state index contributed by atoms with van der Waals surface area (Å²) in [6.45, 7) is 1.13. The van der Waals surface area contributed by atoms with Crippen molar-refractivity contribution in [1.29, 1.82) is 0 Å². The zero-order chi connectivity index (χ0) is 18.1. The Morgan fingerprint density at radius 1 is 1.08 bits per heavy atom. The average molecular weight is 389 g/mol. The molecule has 0 spiro atoms. The van der Waals surface area contributed by atoms with Crippen LogP contribution in [0, 0.1) is 0 Å². The number of amides is 1. The van der Waals surface area contributed by atoms with Crippen LogP contribution in [0.5, 0.6) is 0 Å². The van der Waals surface area contributed by atoms with Crippen molar-refractivity contribution in [3.63, 3.8) is 0 Å². The Labute approximate surface area is 157 Å². The van der Waals surface area contributed by atoms with Gasteiger partial charge < -0.3 is 5.32 Å². The van der Waals surface area contributed by atoms with Crippen LogP contribution in [0.4, 0.5) is 5.69 Å². The van der Waals surface area contributed by atoms with Gasteiger partial charge in [0.25, 0.3) is 0 Å². The fourth-order valence-electron chi connectivity index (χ4n) is 3.36. The third kappa shape index (κ3) is 3.39. The molecule has 1 fully saturated rings. The first-order chi connectivity index (χ1) is 12.5. The second kappa shape index (κ2) is 7.06. The maximum Gasteiger partial charge on any atom is 0.243 e. The minimum atomic E-state index is -3.48. The first-order valence-corrected chi connectivity index (χ1v) is 11.0. The molecule has 5 nitrogen and oxygen atoms in total. The van der Waals surface area contributed by atoms with E-state index < -0.39 is 10.0 Å². The van der Waals surface area contributed by atoms with E-state index in [1.807, 2.05) is 24.3 Å². The topological polar surface area (TPSA) is 66.5 Å². The van der Waals surface area contributed by atoms with Crippen molar-refractivity contribution in [2.24, 2.45) is 0 Å². The molecule has 0 aliphatic carbocycles. The number of rotatable bonds is 4. The van der Waals surface area contributed by atoms with E-state index in [-0.39, 0.29) is 16.1 Å². The van der Waals surface area contributed by atoms with Crippen molar-refractivity contribution < 1.29 is 13.2 Å². The lowest BCUT2D eigenvalue weighted by Gasteiger charge is -2.16. The van der Waals surface area contributed by atoms with E-state index in [0.717, 1.165) is 17.7 Å². The lowest BCUT2D eigenvalue weighted by molar-refractivity contribution is -0.115. The Hall–Kier alpha value is -1.83. The highest BCUT2D eigenvalue weighted by Crippen LogP contribution is 2.37. The van der Waals surface area contributed by atoms with E-state index >= 15 is 0 Å². The number of sulfonamides is 1. The second-order valence-electron chi connectivity index (χ2n) is 6.55. The Bertz CT molecular complexity index is 912. The fraction of sp³-hybridized carbons (Fsp3) is 0.316. The summed E-state index contributed by atoms with van der Waals surface area (Å²) in [6.07, 6.45) is 2.49. The zero-order valence-electron chi connectivity index (χ0n) is 14.2. The molecule has 2 aliphatic heterocycles. The lowest BCUT2D eigenvalue weighted by Crippen LogP contribution is -2.28. The van der Waals surface area contributed by atoms with Crippen LogP contribution in [-0.4, -0.2) is 37.0 Å². The molecule has 1 saturated heterocycles. The highest BCUT2D eigenvalue weighted by Gasteiger charge is 2.29.